The van der Waals surface area contributed by atoms with Crippen molar-refractivity contribution in [2.45, 2.75) is 26.3 Å². The molecule has 0 saturated carbocycles. The Morgan fingerprint density at radius 3 is 2.47 bits per heavy atom. The third kappa shape index (κ3) is 2.32. The van der Waals surface area contributed by atoms with E-state index in [0.29, 0.717) is 12.0 Å². The van der Waals surface area contributed by atoms with Gasteiger partial charge in [-0.25, -0.2) is 4.39 Å². The zero-order valence-corrected chi connectivity index (χ0v) is 9.41. The molecule has 1 aromatic heterocycles. The topological polar surface area (TPSA) is 33.2 Å². The quantitative estimate of drug-likeness (QED) is 0.702. The van der Waals surface area contributed by atoms with Crippen LogP contribution in [0.5, 0.6) is 0 Å². The van der Waals surface area contributed by atoms with E-state index in [2.05, 4.69) is 4.98 Å². The van der Waals surface area contributed by atoms with Crippen LogP contribution < -0.4 is 4.90 Å². The van der Waals surface area contributed by atoms with Gasteiger partial charge in [0.1, 0.15) is 0 Å². The molecule has 82 valence electrons. The van der Waals surface area contributed by atoms with Crippen LogP contribution in [-0.2, 0) is 0 Å². The third-order valence-corrected chi connectivity index (χ3v) is 2.40. The molecule has 0 unspecified atom stereocenters. The molecule has 0 aliphatic carbocycles. The highest BCUT2D eigenvalue weighted by molar-refractivity contribution is 5.84. The van der Waals surface area contributed by atoms with Gasteiger partial charge in [-0.1, -0.05) is 0 Å². The van der Waals surface area contributed by atoms with Gasteiger partial charge in [0.2, 0.25) is 0 Å². The van der Waals surface area contributed by atoms with Crippen LogP contribution >= 0.6 is 0 Å². The number of aldehydes is 1. The van der Waals surface area contributed by atoms with Gasteiger partial charge in [-0.3, -0.25) is 9.78 Å². The summed E-state index contributed by atoms with van der Waals surface area (Å²) < 4.78 is 13.3. The van der Waals surface area contributed by atoms with E-state index >= 15 is 0 Å². The Hall–Kier alpha value is -1.45. The standard InChI is InChI=1S/C11H15FN2O/c1-11(2,3)14(4)10-6-13-5-9(12)8(10)7-15/h5-7H,1-4H3. The van der Waals surface area contributed by atoms with E-state index in [4.69, 9.17) is 0 Å². The average molecular weight is 210 g/mol. The summed E-state index contributed by atoms with van der Waals surface area (Å²) in [6, 6.07) is 0. The van der Waals surface area contributed by atoms with Gasteiger partial charge in [-0.15, -0.1) is 0 Å². The summed E-state index contributed by atoms with van der Waals surface area (Å²) in [7, 11) is 1.81. The molecule has 0 aliphatic heterocycles. The number of anilines is 1. The van der Waals surface area contributed by atoms with Crippen molar-refractivity contribution in [2.24, 2.45) is 0 Å². The number of rotatable bonds is 2. The minimum atomic E-state index is -0.585. The lowest BCUT2D eigenvalue weighted by Crippen LogP contribution is -2.38. The van der Waals surface area contributed by atoms with Crippen LogP contribution in [0, 0.1) is 5.82 Å². The first-order valence-corrected chi connectivity index (χ1v) is 4.70. The van der Waals surface area contributed by atoms with E-state index in [1.807, 2.05) is 32.7 Å². The van der Waals surface area contributed by atoms with E-state index in [0.717, 1.165) is 6.20 Å². The summed E-state index contributed by atoms with van der Waals surface area (Å²) in [4.78, 5) is 16.4. The second kappa shape index (κ2) is 3.96. The molecule has 0 spiro atoms. The van der Waals surface area contributed by atoms with Gasteiger partial charge in [0, 0.05) is 12.6 Å². The van der Waals surface area contributed by atoms with Crippen molar-refractivity contribution >= 4 is 12.0 Å². The average Bonchev–Trinajstić information content (AvgIpc) is 2.14. The van der Waals surface area contributed by atoms with E-state index < -0.39 is 5.82 Å². The molecule has 0 aliphatic rings. The maximum absolute atomic E-state index is 13.3. The Morgan fingerprint density at radius 2 is 2.00 bits per heavy atom. The fraction of sp³-hybridized carbons (Fsp3) is 0.455. The molecule has 1 aromatic rings. The summed E-state index contributed by atoms with van der Waals surface area (Å²) in [5, 5.41) is 0. The molecule has 1 heterocycles. The predicted molar refractivity (Wildman–Crippen MR) is 57.7 cm³/mol. The summed E-state index contributed by atoms with van der Waals surface area (Å²) >= 11 is 0. The lowest BCUT2D eigenvalue weighted by atomic mass is 10.0. The lowest BCUT2D eigenvalue weighted by molar-refractivity contribution is 0.112. The Bertz CT molecular complexity index is 371. The molecular weight excluding hydrogens is 195 g/mol. The van der Waals surface area contributed by atoms with Crippen molar-refractivity contribution in [3.05, 3.63) is 23.8 Å². The van der Waals surface area contributed by atoms with Gasteiger partial charge in [-0.05, 0) is 20.8 Å². The van der Waals surface area contributed by atoms with Crippen LogP contribution in [0.4, 0.5) is 10.1 Å². The summed E-state index contributed by atoms with van der Waals surface area (Å²) in [6.07, 6.45) is 3.07. The lowest BCUT2D eigenvalue weighted by Gasteiger charge is -2.34. The Labute approximate surface area is 88.9 Å². The highest BCUT2D eigenvalue weighted by Crippen LogP contribution is 2.25. The largest absolute Gasteiger partial charge is 0.368 e. The molecule has 1 rings (SSSR count). The molecule has 0 aromatic carbocycles. The number of carbonyl (C=O) groups excluding carboxylic acids is 1. The maximum atomic E-state index is 13.3. The molecule has 3 nitrogen and oxygen atoms in total. The zero-order chi connectivity index (χ0) is 11.6. The molecular formula is C11H15FN2O. The molecule has 0 bridgehead atoms. The van der Waals surface area contributed by atoms with Crippen LogP contribution in [-0.4, -0.2) is 23.9 Å². The molecule has 0 N–H and O–H groups in total. The SMILES string of the molecule is CN(c1cncc(F)c1C=O)C(C)(C)C. The Balaban J connectivity index is 3.25. The smallest absolute Gasteiger partial charge is 0.155 e. The second-order valence-electron chi connectivity index (χ2n) is 4.40. The van der Waals surface area contributed by atoms with Crippen molar-refractivity contribution in [2.75, 3.05) is 11.9 Å². The van der Waals surface area contributed by atoms with Gasteiger partial charge in [0.15, 0.2) is 12.1 Å². The Morgan fingerprint density at radius 1 is 1.40 bits per heavy atom. The minimum Gasteiger partial charge on any atom is -0.368 e. The second-order valence-corrected chi connectivity index (χ2v) is 4.40. The fourth-order valence-electron chi connectivity index (χ4n) is 1.18. The van der Waals surface area contributed by atoms with Crippen LogP contribution in [0.1, 0.15) is 31.1 Å². The van der Waals surface area contributed by atoms with Crippen LogP contribution in [0.2, 0.25) is 0 Å². The van der Waals surface area contributed by atoms with Gasteiger partial charge < -0.3 is 4.90 Å². The predicted octanol–water partition coefficient (Wildman–Crippen LogP) is 2.27. The minimum absolute atomic E-state index is 0.0578. The number of pyridine rings is 1. The first kappa shape index (κ1) is 11.6. The molecule has 0 atom stereocenters. The van der Waals surface area contributed by atoms with Gasteiger partial charge >= 0.3 is 0 Å². The molecule has 4 heteroatoms. The highest BCUT2D eigenvalue weighted by Gasteiger charge is 2.21. The number of carbonyl (C=O) groups is 1. The molecule has 0 fully saturated rings. The Kier molecular flexibility index (Phi) is 3.07. The van der Waals surface area contributed by atoms with Crippen molar-refractivity contribution in [1.29, 1.82) is 0 Å². The van der Waals surface area contributed by atoms with E-state index in [-0.39, 0.29) is 11.1 Å². The normalized spacial score (nSPS) is 11.3. The van der Waals surface area contributed by atoms with Crippen molar-refractivity contribution in [1.82, 2.24) is 4.98 Å². The fourth-order valence-corrected chi connectivity index (χ4v) is 1.18. The number of aromatic nitrogens is 1. The highest BCUT2D eigenvalue weighted by atomic mass is 19.1. The van der Waals surface area contributed by atoms with Crippen LogP contribution in [0.25, 0.3) is 0 Å². The molecule has 0 saturated heterocycles. The van der Waals surface area contributed by atoms with Crippen LogP contribution in [0.3, 0.4) is 0 Å². The van der Waals surface area contributed by atoms with Gasteiger partial charge in [-0.2, -0.15) is 0 Å². The molecule has 0 radical (unpaired) electrons. The third-order valence-electron chi connectivity index (χ3n) is 2.40. The number of nitrogens with zero attached hydrogens (tertiary/aromatic N) is 2. The van der Waals surface area contributed by atoms with E-state index in [1.54, 1.807) is 0 Å². The monoisotopic (exact) mass is 210 g/mol. The van der Waals surface area contributed by atoms with E-state index in [9.17, 15) is 9.18 Å². The van der Waals surface area contributed by atoms with E-state index in [1.165, 1.54) is 6.20 Å². The summed E-state index contributed by atoms with van der Waals surface area (Å²) in [5.41, 5.74) is 0.382. The van der Waals surface area contributed by atoms with Gasteiger partial charge in [0.05, 0.1) is 23.6 Å². The first-order chi connectivity index (χ1) is 6.88. The summed E-state index contributed by atoms with van der Waals surface area (Å²) in [5.74, 6) is -0.585. The summed E-state index contributed by atoms with van der Waals surface area (Å²) in [6.45, 7) is 5.94. The van der Waals surface area contributed by atoms with Gasteiger partial charge in [0.25, 0.3) is 0 Å². The first-order valence-electron chi connectivity index (χ1n) is 4.70. The number of hydrogen-bond acceptors (Lipinski definition) is 3. The number of halogens is 1. The maximum Gasteiger partial charge on any atom is 0.155 e. The van der Waals surface area contributed by atoms with Crippen molar-refractivity contribution < 1.29 is 9.18 Å². The van der Waals surface area contributed by atoms with Crippen molar-refractivity contribution in [3.8, 4) is 0 Å². The van der Waals surface area contributed by atoms with Crippen LogP contribution in [0.15, 0.2) is 12.4 Å². The molecule has 15 heavy (non-hydrogen) atoms. The number of hydrogen-bond donors (Lipinski definition) is 0. The molecule has 0 amide bonds. The van der Waals surface area contributed by atoms with Crippen molar-refractivity contribution in [3.63, 3.8) is 0 Å². The zero-order valence-electron chi connectivity index (χ0n) is 9.41.